The molecule has 21 heavy (non-hydrogen) atoms. The molecule has 106 valence electrons. The molecular formula is C14H11FN4OS. The van der Waals surface area contributed by atoms with Crippen molar-refractivity contribution in [1.29, 1.82) is 0 Å². The van der Waals surface area contributed by atoms with Crippen LogP contribution in [0.2, 0.25) is 0 Å². The Morgan fingerprint density at radius 2 is 1.90 bits per heavy atom. The van der Waals surface area contributed by atoms with Crippen molar-refractivity contribution in [3.05, 3.63) is 48.3 Å². The van der Waals surface area contributed by atoms with Crippen LogP contribution in [-0.2, 0) is 0 Å². The van der Waals surface area contributed by atoms with Gasteiger partial charge in [-0.2, -0.15) is 0 Å². The molecule has 1 aromatic heterocycles. The van der Waals surface area contributed by atoms with Crippen molar-refractivity contribution in [1.82, 2.24) is 4.98 Å². The fraction of sp³-hybridized carbons (Fsp3) is 0. The molecule has 0 fully saturated rings. The quantitative estimate of drug-likeness (QED) is 0.632. The van der Waals surface area contributed by atoms with E-state index < -0.39 is 6.03 Å². The summed E-state index contributed by atoms with van der Waals surface area (Å²) in [4.78, 5) is 16.1. The molecule has 0 unspecified atom stereocenters. The summed E-state index contributed by atoms with van der Waals surface area (Å²) < 4.78 is 13.7. The van der Waals surface area contributed by atoms with Gasteiger partial charge in [-0.25, -0.2) is 14.2 Å². The summed E-state index contributed by atoms with van der Waals surface area (Å²) >= 11 is 1.33. The van der Waals surface area contributed by atoms with Crippen LogP contribution < -0.4 is 16.4 Å². The Morgan fingerprint density at radius 1 is 1.14 bits per heavy atom. The smallest absolute Gasteiger partial charge is 0.325 e. The molecular weight excluding hydrogens is 291 g/mol. The van der Waals surface area contributed by atoms with E-state index in [-0.39, 0.29) is 5.82 Å². The largest absolute Gasteiger partial charge is 0.399 e. The number of nitrogens with zero attached hydrogens (tertiary/aromatic N) is 1. The van der Waals surface area contributed by atoms with Gasteiger partial charge < -0.3 is 11.1 Å². The number of rotatable bonds is 2. The molecule has 5 nitrogen and oxygen atoms in total. The van der Waals surface area contributed by atoms with Crippen LogP contribution in [0.1, 0.15) is 0 Å². The van der Waals surface area contributed by atoms with E-state index >= 15 is 0 Å². The number of benzene rings is 2. The number of nitrogens with one attached hydrogen (secondary N) is 2. The SMILES string of the molecule is Nc1ccc2nc(NC(=O)Nc3ccc(F)cc3)sc2c1. The fourth-order valence-corrected chi connectivity index (χ4v) is 2.70. The van der Waals surface area contributed by atoms with Gasteiger partial charge in [0.2, 0.25) is 0 Å². The molecule has 2 aromatic carbocycles. The third kappa shape index (κ3) is 3.09. The zero-order valence-electron chi connectivity index (χ0n) is 10.8. The predicted molar refractivity (Wildman–Crippen MR) is 83.1 cm³/mol. The van der Waals surface area contributed by atoms with Gasteiger partial charge in [0.1, 0.15) is 5.82 Å². The van der Waals surface area contributed by atoms with Crippen LogP contribution in [0.25, 0.3) is 10.2 Å². The summed E-state index contributed by atoms with van der Waals surface area (Å²) in [6.07, 6.45) is 0. The molecule has 0 radical (unpaired) electrons. The van der Waals surface area contributed by atoms with E-state index in [1.807, 2.05) is 0 Å². The summed E-state index contributed by atoms with van der Waals surface area (Å²) in [6, 6.07) is 10.4. The minimum atomic E-state index is -0.436. The molecule has 0 spiro atoms. The lowest BCUT2D eigenvalue weighted by atomic mass is 10.3. The van der Waals surface area contributed by atoms with Gasteiger partial charge in [0, 0.05) is 11.4 Å². The second-order valence-electron chi connectivity index (χ2n) is 4.33. The molecule has 0 aliphatic heterocycles. The van der Waals surface area contributed by atoms with Crippen molar-refractivity contribution in [2.75, 3.05) is 16.4 Å². The van der Waals surface area contributed by atoms with Crippen LogP contribution in [0.5, 0.6) is 0 Å². The molecule has 0 bridgehead atoms. The number of thiazole rings is 1. The summed E-state index contributed by atoms with van der Waals surface area (Å²) in [5.74, 6) is -0.357. The fourth-order valence-electron chi connectivity index (χ4n) is 1.79. The van der Waals surface area contributed by atoms with Gasteiger partial charge in [-0.3, -0.25) is 5.32 Å². The van der Waals surface area contributed by atoms with Crippen LogP contribution in [-0.4, -0.2) is 11.0 Å². The molecule has 0 saturated heterocycles. The van der Waals surface area contributed by atoms with Crippen molar-refractivity contribution in [2.45, 2.75) is 0 Å². The maximum atomic E-state index is 12.8. The van der Waals surface area contributed by atoms with Crippen molar-refractivity contribution < 1.29 is 9.18 Å². The number of urea groups is 1. The molecule has 0 saturated carbocycles. The molecule has 0 atom stereocenters. The minimum absolute atomic E-state index is 0.357. The molecule has 3 aromatic rings. The lowest BCUT2D eigenvalue weighted by Crippen LogP contribution is -2.19. The first-order valence-corrected chi connectivity index (χ1v) is 6.91. The van der Waals surface area contributed by atoms with E-state index in [1.54, 1.807) is 18.2 Å². The topological polar surface area (TPSA) is 80.0 Å². The highest BCUT2D eigenvalue weighted by Gasteiger charge is 2.08. The standard InChI is InChI=1S/C14H11FN4OS/c15-8-1-4-10(5-2-8)17-13(20)19-14-18-11-6-3-9(16)7-12(11)21-14/h1-7H,16H2,(H2,17,18,19,20). The third-order valence-electron chi connectivity index (χ3n) is 2.74. The molecule has 4 N–H and O–H groups in total. The number of carbonyl (C=O) groups is 1. The summed E-state index contributed by atoms with van der Waals surface area (Å²) in [5, 5.41) is 5.70. The van der Waals surface area contributed by atoms with Crippen molar-refractivity contribution >= 4 is 44.1 Å². The van der Waals surface area contributed by atoms with E-state index in [0.717, 1.165) is 10.2 Å². The summed E-state index contributed by atoms with van der Waals surface area (Å²) in [6.45, 7) is 0. The molecule has 2 amide bonds. The number of nitrogens with two attached hydrogens (primary N) is 1. The van der Waals surface area contributed by atoms with Gasteiger partial charge in [-0.05, 0) is 42.5 Å². The number of carbonyl (C=O) groups excluding carboxylic acids is 1. The molecule has 1 heterocycles. The van der Waals surface area contributed by atoms with Crippen LogP contribution in [0.3, 0.4) is 0 Å². The Hall–Kier alpha value is -2.67. The second kappa shape index (κ2) is 5.37. The number of hydrogen-bond acceptors (Lipinski definition) is 4. The first-order chi connectivity index (χ1) is 10.1. The van der Waals surface area contributed by atoms with Gasteiger partial charge in [0.15, 0.2) is 5.13 Å². The van der Waals surface area contributed by atoms with Crippen molar-refractivity contribution in [3.8, 4) is 0 Å². The van der Waals surface area contributed by atoms with Crippen molar-refractivity contribution in [2.24, 2.45) is 0 Å². The lowest BCUT2D eigenvalue weighted by Gasteiger charge is -2.04. The highest BCUT2D eigenvalue weighted by molar-refractivity contribution is 7.22. The highest BCUT2D eigenvalue weighted by atomic mass is 32.1. The van der Waals surface area contributed by atoms with E-state index in [0.29, 0.717) is 16.5 Å². The normalized spacial score (nSPS) is 10.5. The first kappa shape index (κ1) is 13.3. The third-order valence-corrected chi connectivity index (χ3v) is 3.67. The van der Waals surface area contributed by atoms with Gasteiger partial charge in [0.25, 0.3) is 0 Å². The van der Waals surface area contributed by atoms with Crippen LogP contribution >= 0.6 is 11.3 Å². The number of fused-ring (bicyclic) bond motifs is 1. The number of halogens is 1. The Bertz CT molecular complexity index is 800. The maximum absolute atomic E-state index is 12.8. The first-order valence-electron chi connectivity index (χ1n) is 6.10. The van der Waals surface area contributed by atoms with Gasteiger partial charge in [0.05, 0.1) is 10.2 Å². The van der Waals surface area contributed by atoms with E-state index in [2.05, 4.69) is 15.6 Å². The molecule has 7 heteroatoms. The van der Waals surface area contributed by atoms with Gasteiger partial charge in [-0.15, -0.1) is 0 Å². The Balaban J connectivity index is 1.72. The number of nitrogen functional groups attached to an aromatic ring is 1. The Labute approximate surface area is 123 Å². The summed E-state index contributed by atoms with van der Waals surface area (Å²) in [5.41, 5.74) is 7.61. The van der Waals surface area contributed by atoms with E-state index in [9.17, 15) is 9.18 Å². The average Bonchev–Trinajstić information content (AvgIpc) is 2.82. The molecule has 3 rings (SSSR count). The minimum Gasteiger partial charge on any atom is -0.399 e. The Morgan fingerprint density at radius 3 is 2.67 bits per heavy atom. The number of amides is 2. The monoisotopic (exact) mass is 302 g/mol. The number of hydrogen-bond donors (Lipinski definition) is 3. The van der Waals surface area contributed by atoms with Crippen LogP contribution in [0.15, 0.2) is 42.5 Å². The second-order valence-corrected chi connectivity index (χ2v) is 5.36. The van der Waals surface area contributed by atoms with Gasteiger partial charge >= 0.3 is 6.03 Å². The van der Waals surface area contributed by atoms with Crippen LogP contribution in [0.4, 0.5) is 25.7 Å². The van der Waals surface area contributed by atoms with Crippen LogP contribution in [0, 0.1) is 5.82 Å². The lowest BCUT2D eigenvalue weighted by molar-refractivity contribution is 0.262. The maximum Gasteiger partial charge on any atom is 0.325 e. The van der Waals surface area contributed by atoms with Crippen molar-refractivity contribution in [3.63, 3.8) is 0 Å². The number of anilines is 3. The molecule has 0 aliphatic rings. The number of aromatic nitrogens is 1. The van der Waals surface area contributed by atoms with Gasteiger partial charge in [-0.1, -0.05) is 11.3 Å². The van der Waals surface area contributed by atoms with E-state index in [4.69, 9.17) is 5.73 Å². The zero-order chi connectivity index (χ0) is 14.8. The zero-order valence-corrected chi connectivity index (χ0v) is 11.6. The Kier molecular flexibility index (Phi) is 3.41. The summed E-state index contributed by atoms with van der Waals surface area (Å²) in [7, 11) is 0. The highest BCUT2D eigenvalue weighted by Crippen LogP contribution is 2.27. The predicted octanol–water partition coefficient (Wildman–Crippen LogP) is 3.66. The van der Waals surface area contributed by atoms with E-state index in [1.165, 1.54) is 35.6 Å². The molecule has 0 aliphatic carbocycles. The average molecular weight is 302 g/mol.